The molecule has 3 aromatic carbocycles. The summed E-state index contributed by atoms with van der Waals surface area (Å²) in [6.45, 7) is 0. The van der Waals surface area contributed by atoms with Crippen LogP contribution in [0.25, 0.3) is 10.8 Å². The number of rotatable bonds is 0. The van der Waals surface area contributed by atoms with E-state index in [0.29, 0.717) is 0 Å². The Labute approximate surface area is 139 Å². The first-order valence-electron chi connectivity index (χ1n) is 6.25. The maximum atomic E-state index is 9.16. The van der Waals surface area contributed by atoms with Crippen molar-refractivity contribution < 1.29 is 8.42 Å². The van der Waals surface area contributed by atoms with Crippen LogP contribution in [0.4, 0.5) is 5.69 Å². The fourth-order valence-electron chi connectivity index (χ4n) is 1.59. The highest BCUT2D eigenvalue weighted by Crippen LogP contribution is 2.11. The Balaban J connectivity index is 0.000000178. The van der Waals surface area contributed by atoms with Crippen LogP contribution in [0.1, 0.15) is 0 Å². The number of hydrogen-bond donors (Lipinski definition) is 1. The Morgan fingerprint density at radius 3 is 1.14 bits per heavy atom. The molecule has 6 heteroatoms. The highest BCUT2D eigenvalue weighted by atomic mass is 36.0. The van der Waals surface area contributed by atoms with Crippen LogP contribution in [-0.2, 0) is 8.26 Å². The summed E-state index contributed by atoms with van der Waals surface area (Å²) in [6, 6.07) is 26.2. The first kappa shape index (κ1) is 18.3. The number of fused-ring (bicyclic) bond motifs is 1. The standard InChI is InChI=1S/C10H8.C6H7N.Cl2O2S/c1-2-6-10-8-4-3-7-9(10)5-1;7-6-4-2-1-3-5-6;1-5(2,3)4/h1-8H;1-5H,7H2;. The third kappa shape index (κ3) is 9.23. The third-order valence-electron chi connectivity index (χ3n) is 2.46. The summed E-state index contributed by atoms with van der Waals surface area (Å²) < 4.78 is 18.3. The van der Waals surface area contributed by atoms with E-state index in [0.717, 1.165) is 5.69 Å². The third-order valence-corrected chi connectivity index (χ3v) is 2.46. The summed E-state index contributed by atoms with van der Waals surface area (Å²) in [6.07, 6.45) is 0. The van der Waals surface area contributed by atoms with Gasteiger partial charge in [0.15, 0.2) is 0 Å². The van der Waals surface area contributed by atoms with Crippen molar-refractivity contribution in [1.82, 2.24) is 0 Å². The number of halogens is 2. The van der Waals surface area contributed by atoms with Gasteiger partial charge in [0.1, 0.15) is 0 Å². The predicted molar refractivity (Wildman–Crippen MR) is 95.4 cm³/mol. The van der Waals surface area contributed by atoms with Gasteiger partial charge in [0.2, 0.25) is 0 Å². The summed E-state index contributed by atoms with van der Waals surface area (Å²) >= 11 is 0. The van der Waals surface area contributed by atoms with Crippen molar-refractivity contribution in [1.29, 1.82) is 0 Å². The van der Waals surface area contributed by atoms with Crippen LogP contribution in [0.3, 0.4) is 0 Å². The van der Waals surface area contributed by atoms with Gasteiger partial charge in [-0.05, 0) is 22.9 Å². The molecule has 0 saturated heterocycles. The van der Waals surface area contributed by atoms with Gasteiger partial charge in [0.05, 0.1) is 0 Å². The monoisotopic (exact) mass is 355 g/mol. The fourth-order valence-corrected chi connectivity index (χ4v) is 1.59. The van der Waals surface area contributed by atoms with Crippen LogP contribution in [0.15, 0.2) is 78.9 Å². The first-order chi connectivity index (χ1) is 10.4. The second-order valence-electron chi connectivity index (χ2n) is 4.14. The van der Waals surface area contributed by atoms with Crippen LogP contribution in [0.5, 0.6) is 0 Å². The lowest BCUT2D eigenvalue weighted by molar-refractivity contribution is 0.621. The van der Waals surface area contributed by atoms with Crippen molar-refractivity contribution in [3.63, 3.8) is 0 Å². The molecular weight excluding hydrogens is 341 g/mol. The highest BCUT2D eigenvalue weighted by molar-refractivity contribution is 8.31. The van der Waals surface area contributed by atoms with Gasteiger partial charge in [-0.2, -0.15) is 8.42 Å². The van der Waals surface area contributed by atoms with Crippen LogP contribution in [-0.4, -0.2) is 8.42 Å². The molecule has 0 aromatic heterocycles. The minimum atomic E-state index is -3.72. The number of para-hydroxylation sites is 1. The first-order valence-corrected chi connectivity index (χ1v) is 9.38. The number of nitrogen functional groups attached to an aromatic ring is 1. The van der Waals surface area contributed by atoms with Crippen LogP contribution >= 0.6 is 21.4 Å². The normalized spacial score (nSPS) is 9.91. The second kappa shape index (κ2) is 9.30. The average Bonchev–Trinajstić information content (AvgIpc) is 2.47. The molecule has 2 N–H and O–H groups in total. The smallest absolute Gasteiger partial charge is 0.317 e. The SMILES string of the molecule is Nc1ccccc1.O=S(=O)(Cl)Cl.c1ccc2ccccc2c1. The van der Waals surface area contributed by atoms with Gasteiger partial charge in [0.25, 0.3) is 0 Å². The molecule has 3 nitrogen and oxygen atoms in total. The molecule has 0 bridgehead atoms. The molecule has 22 heavy (non-hydrogen) atoms. The van der Waals surface area contributed by atoms with Crippen LogP contribution in [0.2, 0.25) is 0 Å². The topological polar surface area (TPSA) is 60.2 Å². The zero-order chi connectivity index (χ0) is 16.4. The number of nitrogens with two attached hydrogens (primary N) is 1. The molecule has 0 aliphatic carbocycles. The molecule has 3 rings (SSSR count). The van der Waals surface area contributed by atoms with E-state index < -0.39 is 8.26 Å². The molecule has 0 atom stereocenters. The van der Waals surface area contributed by atoms with Gasteiger partial charge >= 0.3 is 8.26 Å². The van der Waals surface area contributed by atoms with Gasteiger partial charge in [-0.3, -0.25) is 0 Å². The summed E-state index contributed by atoms with van der Waals surface area (Å²) in [7, 11) is 4.81. The molecule has 0 amide bonds. The van der Waals surface area contributed by atoms with Crippen molar-refractivity contribution in [2.24, 2.45) is 0 Å². The van der Waals surface area contributed by atoms with Crippen LogP contribution in [0, 0.1) is 0 Å². The van der Waals surface area contributed by atoms with Gasteiger partial charge in [0, 0.05) is 27.1 Å². The fraction of sp³-hybridized carbons (Fsp3) is 0. The second-order valence-corrected chi connectivity index (χ2v) is 7.80. The maximum absolute atomic E-state index is 9.16. The lowest BCUT2D eigenvalue weighted by Gasteiger charge is -1.92. The average molecular weight is 356 g/mol. The molecule has 0 aliphatic heterocycles. The summed E-state index contributed by atoms with van der Waals surface area (Å²) in [5.74, 6) is 0. The number of benzene rings is 3. The number of hydrogen-bond acceptors (Lipinski definition) is 3. The summed E-state index contributed by atoms with van der Waals surface area (Å²) in [5, 5.41) is 2.62. The van der Waals surface area contributed by atoms with Crippen molar-refractivity contribution in [2.75, 3.05) is 5.73 Å². The Kier molecular flexibility index (Phi) is 7.74. The van der Waals surface area contributed by atoms with E-state index in [1.54, 1.807) is 0 Å². The molecule has 0 saturated carbocycles. The lowest BCUT2D eigenvalue weighted by Crippen LogP contribution is -1.79. The van der Waals surface area contributed by atoms with Gasteiger partial charge in [-0.15, -0.1) is 0 Å². The van der Waals surface area contributed by atoms with E-state index in [9.17, 15) is 0 Å². The molecule has 0 fully saturated rings. The van der Waals surface area contributed by atoms with E-state index >= 15 is 0 Å². The molecule has 3 aromatic rings. The molecular formula is C16H15Cl2NO2S. The quantitative estimate of drug-likeness (QED) is 0.464. The molecule has 116 valence electrons. The molecule has 0 radical (unpaired) electrons. The minimum Gasteiger partial charge on any atom is -0.399 e. The zero-order valence-corrected chi connectivity index (χ0v) is 13.9. The van der Waals surface area contributed by atoms with Crippen molar-refractivity contribution in [2.45, 2.75) is 0 Å². The molecule has 0 aliphatic rings. The van der Waals surface area contributed by atoms with E-state index in [2.05, 4.69) is 69.9 Å². The van der Waals surface area contributed by atoms with Gasteiger partial charge in [-0.25, -0.2) is 0 Å². The maximum Gasteiger partial charge on any atom is 0.317 e. The largest absolute Gasteiger partial charge is 0.399 e. The van der Waals surface area contributed by atoms with E-state index in [-0.39, 0.29) is 0 Å². The van der Waals surface area contributed by atoms with E-state index in [1.165, 1.54) is 10.8 Å². The molecule has 0 heterocycles. The Morgan fingerprint density at radius 1 is 0.636 bits per heavy atom. The van der Waals surface area contributed by atoms with Gasteiger partial charge < -0.3 is 5.73 Å². The Bertz CT molecular complexity index is 720. The van der Waals surface area contributed by atoms with Crippen molar-refractivity contribution >= 4 is 46.1 Å². The van der Waals surface area contributed by atoms with Crippen LogP contribution < -0.4 is 5.73 Å². The zero-order valence-electron chi connectivity index (χ0n) is 11.6. The Hall–Kier alpha value is -1.75. The summed E-state index contributed by atoms with van der Waals surface area (Å²) in [5.41, 5.74) is 6.18. The highest BCUT2D eigenvalue weighted by Gasteiger charge is 1.88. The Morgan fingerprint density at radius 2 is 0.909 bits per heavy atom. The molecule has 0 unspecified atom stereocenters. The van der Waals surface area contributed by atoms with E-state index in [1.807, 2.05) is 30.3 Å². The van der Waals surface area contributed by atoms with Crippen molar-refractivity contribution in [3.8, 4) is 0 Å². The van der Waals surface area contributed by atoms with Crippen molar-refractivity contribution in [3.05, 3.63) is 78.9 Å². The predicted octanol–water partition coefficient (Wildman–Crippen LogP) is 4.82. The summed E-state index contributed by atoms with van der Waals surface area (Å²) in [4.78, 5) is 0. The minimum absolute atomic E-state index is 0.822. The number of anilines is 1. The molecule has 0 spiro atoms. The van der Waals surface area contributed by atoms with Gasteiger partial charge in [-0.1, -0.05) is 66.7 Å². The van der Waals surface area contributed by atoms with E-state index in [4.69, 9.17) is 14.2 Å². The lowest BCUT2D eigenvalue weighted by atomic mass is 10.1.